The molecule has 7 nitrogen and oxygen atoms in total. The molecule has 27 heavy (non-hydrogen) atoms. The molecular weight excluding hydrogens is 367 g/mol. The summed E-state index contributed by atoms with van der Waals surface area (Å²) in [7, 11) is 0. The van der Waals surface area contributed by atoms with Crippen LogP contribution >= 0.6 is 0 Å². The van der Waals surface area contributed by atoms with Crippen molar-refractivity contribution >= 4 is 11.9 Å². The van der Waals surface area contributed by atoms with Gasteiger partial charge in [0, 0.05) is 12.2 Å². The summed E-state index contributed by atoms with van der Waals surface area (Å²) in [6.45, 7) is 2.78. The molecule has 3 rings (SSSR count). The lowest BCUT2D eigenvalue weighted by Crippen LogP contribution is -2.46. The normalized spacial score (nSPS) is 19.9. The number of amides is 1. The lowest BCUT2D eigenvalue weighted by molar-refractivity contribution is -0.143. The van der Waals surface area contributed by atoms with Crippen LogP contribution in [0.2, 0.25) is 0 Å². The molecule has 1 fully saturated rings. The average Bonchev–Trinajstić information content (AvgIpc) is 3.21. The molecule has 1 atom stereocenters. The van der Waals surface area contributed by atoms with Crippen LogP contribution in [0.25, 0.3) is 5.69 Å². The molecule has 1 aromatic heterocycles. The second-order valence-electron chi connectivity index (χ2n) is 6.49. The van der Waals surface area contributed by atoms with Crippen LogP contribution in [0.1, 0.15) is 39.8 Å². The van der Waals surface area contributed by atoms with Crippen molar-refractivity contribution in [1.82, 2.24) is 15.1 Å². The van der Waals surface area contributed by atoms with Crippen LogP contribution in [0.3, 0.4) is 0 Å². The number of carbonyl (C=O) groups excluding carboxylic acids is 1. The van der Waals surface area contributed by atoms with E-state index < -0.39 is 28.9 Å². The molecule has 0 spiro atoms. The van der Waals surface area contributed by atoms with Crippen LogP contribution in [0.5, 0.6) is 0 Å². The molecule has 10 heteroatoms. The lowest BCUT2D eigenvalue weighted by Gasteiger charge is -2.23. The number of rotatable bonds is 4. The zero-order chi connectivity index (χ0) is 19.8. The maximum atomic E-state index is 13.3. The first-order chi connectivity index (χ1) is 12.6. The van der Waals surface area contributed by atoms with Crippen molar-refractivity contribution in [2.75, 3.05) is 13.2 Å². The highest BCUT2D eigenvalue weighted by molar-refractivity contribution is 5.95. The van der Waals surface area contributed by atoms with Crippen molar-refractivity contribution in [3.05, 3.63) is 47.3 Å². The number of aromatic nitrogens is 2. The SMILES string of the molecule is CC1(NC(=O)c2ccc(-n3ncc(C(=O)O)c3C(F)(F)F)cc2)CCOC1. The van der Waals surface area contributed by atoms with Crippen molar-refractivity contribution in [2.45, 2.75) is 25.1 Å². The molecule has 0 radical (unpaired) electrons. The van der Waals surface area contributed by atoms with E-state index in [0.717, 1.165) is 0 Å². The Hall–Kier alpha value is -2.88. The molecule has 1 aliphatic rings. The highest BCUT2D eigenvalue weighted by atomic mass is 19.4. The van der Waals surface area contributed by atoms with Gasteiger partial charge in [0.25, 0.3) is 5.91 Å². The highest BCUT2D eigenvalue weighted by Crippen LogP contribution is 2.33. The summed E-state index contributed by atoms with van der Waals surface area (Å²) in [4.78, 5) is 23.4. The van der Waals surface area contributed by atoms with E-state index in [0.29, 0.717) is 30.5 Å². The Morgan fingerprint density at radius 1 is 1.30 bits per heavy atom. The minimum atomic E-state index is -4.91. The van der Waals surface area contributed by atoms with Gasteiger partial charge in [-0.1, -0.05) is 0 Å². The minimum Gasteiger partial charge on any atom is -0.478 e. The number of carbonyl (C=O) groups is 2. The Bertz CT molecular complexity index is 869. The number of ether oxygens (including phenoxy) is 1. The first-order valence-corrected chi connectivity index (χ1v) is 8.00. The number of hydrogen-bond acceptors (Lipinski definition) is 4. The number of aromatic carboxylic acids is 1. The van der Waals surface area contributed by atoms with Gasteiger partial charge in [0.15, 0.2) is 5.69 Å². The zero-order valence-corrected chi connectivity index (χ0v) is 14.2. The number of carboxylic acid groups (broad SMARTS) is 1. The first kappa shape index (κ1) is 18.9. The first-order valence-electron chi connectivity index (χ1n) is 8.00. The summed E-state index contributed by atoms with van der Waals surface area (Å²) in [6.07, 6.45) is -3.60. The van der Waals surface area contributed by atoms with Crippen molar-refractivity contribution in [3.8, 4) is 5.69 Å². The molecule has 1 unspecified atom stereocenters. The molecule has 144 valence electrons. The van der Waals surface area contributed by atoms with Gasteiger partial charge in [-0.15, -0.1) is 0 Å². The van der Waals surface area contributed by atoms with E-state index in [4.69, 9.17) is 9.84 Å². The van der Waals surface area contributed by atoms with Crippen LogP contribution in [-0.4, -0.2) is 45.5 Å². The van der Waals surface area contributed by atoms with Gasteiger partial charge in [0.1, 0.15) is 5.56 Å². The maximum absolute atomic E-state index is 13.3. The highest BCUT2D eigenvalue weighted by Gasteiger charge is 2.40. The van der Waals surface area contributed by atoms with Crippen molar-refractivity contribution < 1.29 is 32.6 Å². The average molecular weight is 383 g/mol. The lowest BCUT2D eigenvalue weighted by atomic mass is 10.0. The van der Waals surface area contributed by atoms with Gasteiger partial charge in [0.2, 0.25) is 0 Å². The van der Waals surface area contributed by atoms with Crippen LogP contribution in [0.15, 0.2) is 30.5 Å². The Morgan fingerprint density at radius 3 is 2.48 bits per heavy atom. The van der Waals surface area contributed by atoms with Crippen molar-refractivity contribution in [1.29, 1.82) is 0 Å². The van der Waals surface area contributed by atoms with E-state index in [-0.39, 0.29) is 17.2 Å². The minimum absolute atomic E-state index is 0.0122. The number of halogens is 3. The summed E-state index contributed by atoms with van der Waals surface area (Å²) in [5.74, 6) is -2.10. The topological polar surface area (TPSA) is 93.5 Å². The standard InChI is InChI=1S/C17H16F3N3O4/c1-16(6-7-27-9-16)22-14(24)10-2-4-11(5-3-10)23-13(17(18,19)20)12(8-21-23)15(25)26/h2-5,8H,6-7,9H2,1H3,(H,22,24)(H,25,26). The van der Waals surface area contributed by atoms with Crippen molar-refractivity contribution in [3.63, 3.8) is 0 Å². The van der Waals surface area contributed by atoms with E-state index >= 15 is 0 Å². The predicted octanol–water partition coefficient (Wildman–Crippen LogP) is 2.50. The van der Waals surface area contributed by atoms with Gasteiger partial charge in [-0.2, -0.15) is 18.3 Å². The predicted molar refractivity (Wildman–Crippen MR) is 86.8 cm³/mol. The zero-order valence-electron chi connectivity index (χ0n) is 14.2. The third kappa shape index (κ3) is 3.80. The van der Waals surface area contributed by atoms with E-state index in [1.807, 2.05) is 6.92 Å². The smallest absolute Gasteiger partial charge is 0.434 e. The molecule has 1 saturated heterocycles. The third-order valence-corrected chi connectivity index (χ3v) is 4.28. The summed E-state index contributed by atoms with van der Waals surface area (Å²) in [6, 6.07) is 5.25. The summed E-state index contributed by atoms with van der Waals surface area (Å²) in [5, 5.41) is 15.3. The number of nitrogens with one attached hydrogen (secondary N) is 1. The number of hydrogen-bond donors (Lipinski definition) is 2. The fraction of sp³-hybridized carbons (Fsp3) is 0.353. The molecule has 1 amide bonds. The van der Waals surface area contributed by atoms with Gasteiger partial charge < -0.3 is 15.2 Å². The molecular formula is C17H16F3N3O4. The second-order valence-corrected chi connectivity index (χ2v) is 6.49. The molecule has 2 N–H and O–H groups in total. The van der Waals surface area contributed by atoms with Crippen molar-refractivity contribution in [2.24, 2.45) is 0 Å². The molecule has 2 aromatic rings. The molecule has 0 saturated carbocycles. The Morgan fingerprint density at radius 2 is 1.96 bits per heavy atom. The second kappa shape index (κ2) is 6.69. The Balaban J connectivity index is 1.88. The van der Waals surface area contributed by atoms with Gasteiger partial charge >= 0.3 is 12.1 Å². The van der Waals surface area contributed by atoms with Gasteiger partial charge in [0.05, 0.1) is 24.0 Å². The van der Waals surface area contributed by atoms with Crippen LogP contribution < -0.4 is 5.32 Å². The fourth-order valence-electron chi connectivity index (χ4n) is 2.84. The summed E-state index contributed by atoms with van der Waals surface area (Å²) >= 11 is 0. The Labute approximate surface area is 151 Å². The number of benzene rings is 1. The van der Waals surface area contributed by atoms with Crippen LogP contribution in [-0.2, 0) is 10.9 Å². The molecule has 0 bridgehead atoms. The molecule has 2 heterocycles. The monoisotopic (exact) mass is 383 g/mol. The molecule has 1 aliphatic heterocycles. The van der Waals surface area contributed by atoms with E-state index in [1.54, 1.807) is 0 Å². The van der Waals surface area contributed by atoms with Gasteiger partial charge in [-0.25, -0.2) is 9.48 Å². The van der Waals surface area contributed by atoms with Crippen LogP contribution in [0, 0.1) is 0 Å². The molecule has 1 aromatic carbocycles. The molecule has 0 aliphatic carbocycles. The number of alkyl halides is 3. The van der Waals surface area contributed by atoms with Gasteiger partial charge in [-0.05, 0) is 37.6 Å². The largest absolute Gasteiger partial charge is 0.478 e. The van der Waals surface area contributed by atoms with Crippen LogP contribution in [0.4, 0.5) is 13.2 Å². The summed E-state index contributed by atoms with van der Waals surface area (Å²) in [5.41, 5.74) is -2.58. The van der Waals surface area contributed by atoms with Gasteiger partial charge in [-0.3, -0.25) is 4.79 Å². The van der Waals surface area contributed by atoms with E-state index in [9.17, 15) is 22.8 Å². The maximum Gasteiger partial charge on any atom is 0.434 e. The van der Waals surface area contributed by atoms with E-state index in [1.165, 1.54) is 24.3 Å². The fourth-order valence-corrected chi connectivity index (χ4v) is 2.84. The Kier molecular flexibility index (Phi) is 4.68. The quantitative estimate of drug-likeness (QED) is 0.846. The third-order valence-electron chi connectivity index (χ3n) is 4.28. The number of carboxylic acids is 1. The van der Waals surface area contributed by atoms with E-state index in [2.05, 4.69) is 10.4 Å². The summed E-state index contributed by atoms with van der Waals surface area (Å²) < 4.78 is 45.6. The number of nitrogens with zero attached hydrogens (tertiary/aromatic N) is 2.